The maximum atomic E-state index is 13.8. The molecule has 40 heavy (non-hydrogen) atoms. The van der Waals surface area contributed by atoms with Gasteiger partial charge in [0.25, 0.3) is 5.91 Å². The van der Waals surface area contributed by atoms with Crippen LogP contribution in [0.5, 0.6) is 0 Å². The van der Waals surface area contributed by atoms with Crippen molar-refractivity contribution in [3.63, 3.8) is 0 Å². The van der Waals surface area contributed by atoms with Gasteiger partial charge in [-0.3, -0.25) is 19.3 Å². The molecule has 3 aromatic carbocycles. The summed E-state index contributed by atoms with van der Waals surface area (Å²) in [7, 11) is 0. The molecule has 1 aliphatic heterocycles. The lowest BCUT2D eigenvalue weighted by Crippen LogP contribution is -2.45. The summed E-state index contributed by atoms with van der Waals surface area (Å²) in [4.78, 5) is 54.6. The molecule has 4 aliphatic rings. The maximum absolute atomic E-state index is 13.8. The minimum Gasteiger partial charge on any atom is -0.454 e. The van der Waals surface area contributed by atoms with E-state index in [1.54, 1.807) is 0 Å². The third-order valence-electron chi connectivity index (χ3n) is 8.82. The SMILES string of the molecule is CCc1cccc(CC)c1NC(=O)COC(=O)[C@@H](C)N1C(=O)[C@@H]2C3c4ccccc4C(c4ccccc43)[C@@H]2C1=O. The Labute approximate surface area is 233 Å². The number of nitrogens with zero attached hydrogens (tertiary/aromatic N) is 1. The zero-order chi connectivity index (χ0) is 28.1. The summed E-state index contributed by atoms with van der Waals surface area (Å²) in [6.45, 7) is 5.01. The normalized spacial score (nSPS) is 22.8. The van der Waals surface area contributed by atoms with Crippen LogP contribution in [-0.4, -0.2) is 41.2 Å². The largest absolute Gasteiger partial charge is 0.454 e. The molecule has 3 aliphatic carbocycles. The number of carbonyl (C=O) groups is 4. The van der Waals surface area contributed by atoms with E-state index in [0.29, 0.717) is 0 Å². The van der Waals surface area contributed by atoms with Crippen LogP contribution >= 0.6 is 0 Å². The van der Waals surface area contributed by atoms with Gasteiger partial charge in [-0.2, -0.15) is 0 Å². The molecular formula is C33H32N2O5. The zero-order valence-corrected chi connectivity index (χ0v) is 22.8. The first-order valence-corrected chi connectivity index (χ1v) is 14.0. The second-order valence-corrected chi connectivity index (χ2v) is 10.8. The number of benzene rings is 3. The lowest BCUT2D eigenvalue weighted by atomic mass is 9.55. The topological polar surface area (TPSA) is 92.8 Å². The van der Waals surface area contributed by atoms with Gasteiger partial charge in [-0.25, -0.2) is 4.79 Å². The molecule has 1 N–H and O–H groups in total. The fourth-order valence-corrected chi connectivity index (χ4v) is 7.02. The van der Waals surface area contributed by atoms with E-state index in [9.17, 15) is 19.2 Å². The number of carbonyl (C=O) groups excluding carboxylic acids is 4. The summed E-state index contributed by atoms with van der Waals surface area (Å²) >= 11 is 0. The van der Waals surface area contributed by atoms with Crippen molar-refractivity contribution < 1.29 is 23.9 Å². The second kappa shape index (κ2) is 10.0. The van der Waals surface area contributed by atoms with Crippen molar-refractivity contribution in [3.05, 3.63) is 100 Å². The van der Waals surface area contributed by atoms with Gasteiger partial charge in [0, 0.05) is 17.5 Å². The smallest absolute Gasteiger partial charge is 0.329 e. The number of nitrogens with one attached hydrogen (secondary N) is 1. The van der Waals surface area contributed by atoms with Crippen LogP contribution in [0.2, 0.25) is 0 Å². The quantitative estimate of drug-likeness (QED) is 0.353. The fraction of sp³-hybridized carbons (Fsp3) is 0.333. The second-order valence-electron chi connectivity index (χ2n) is 10.8. The van der Waals surface area contributed by atoms with E-state index in [-0.39, 0.29) is 23.7 Å². The Morgan fingerprint density at radius 2 is 1.23 bits per heavy atom. The molecule has 204 valence electrons. The summed E-state index contributed by atoms with van der Waals surface area (Å²) in [5, 5.41) is 2.88. The highest BCUT2D eigenvalue weighted by molar-refractivity contribution is 6.10. The van der Waals surface area contributed by atoms with Gasteiger partial charge in [0.05, 0.1) is 11.8 Å². The molecule has 7 heteroatoms. The number of likely N-dealkylation sites (tertiary alicyclic amines) is 1. The lowest BCUT2D eigenvalue weighted by Gasteiger charge is -2.45. The highest BCUT2D eigenvalue weighted by atomic mass is 16.5. The van der Waals surface area contributed by atoms with Crippen molar-refractivity contribution in [3.8, 4) is 0 Å². The van der Waals surface area contributed by atoms with Crippen molar-refractivity contribution in [2.45, 2.75) is 51.5 Å². The molecule has 7 rings (SSSR count). The van der Waals surface area contributed by atoms with Gasteiger partial charge in [-0.15, -0.1) is 0 Å². The van der Waals surface area contributed by atoms with Crippen molar-refractivity contribution in [1.29, 1.82) is 0 Å². The molecule has 1 heterocycles. The van der Waals surface area contributed by atoms with Gasteiger partial charge >= 0.3 is 5.97 Å². The molecule has 3 atom stereocenters. The first-order valence-electron chi connectivity index (χ1n) is 14.0. The van der Waals surface area contributed by atoms with Crippen LogP contribution in [0, 0.1) is 11.8 Å². The molecule has 0 unspecified atom stereocenters. The number of imide groups is 1. The van der Waals surface area contributed by atoms with E-state index >= 15 is 0 Å². The van der Waals surface area contributed by atoms with E-state index in [2.05, 4.69) is 5.32 Å². The predicted octanol–water partition coefficient (Wildman–Crippen LogP) is 4.57. The third-order valence-corrected chi connectivity index (χ3v) is 8.82. The number of esters is 1. The number of aryl methyl sites for hydroxylation is 2. The first-order chi connectivity index (χ1) is 19.4. The molecule has 3 amide bonds. The number of hydrogen-bond donors (Lipinski definition) is 1. The maximum Gasteiger partial charge on any atom is 0.329 e. The molecule has 0 radical (unpaired) electrons. The molecule has 2 bridgehead atoms. The van der Waals surface area contributed by atoms with Gasteiger partial charge in [0.2, 0.25) is 11.8 Å². The van der Waals surface area contributed by atoms with Crippen LogP contribution in [-0.2, 0) is 36.8 Å². The van der Waals surface area contributed by atoms with Crippen molar-refractivity contribution in [2.75, 3.05) is 11.9 Å². The molecule has 3 aromatic rings. The van der Waals surface area contributed by atoms with Crippen molar-refractivity contribution >= 4 is 29.4 Å². The molecule has 0 saturated carbocycles. The highest BCUT2D eigenvalue weighted by Crippen LogP contribution is 2.61. The van der Waals surface area contributed by atoms with E-state index in [0.717, 1.165) is 56.8 Å². The van der Waals surface area contributed by atoms with Crippen LogP contribution in [0.1, 0.15) is 66.0 Å². The number of rotatable bonds is 7. The Kier molecular flexibility index (Phi) is 6.53. The fourth-order valence-electron chi connectivity index (χ4n) is 7.02. The number of para-hydroxylation sites is 1. The van der Waals surface area contributed by atoms with Crippen LogP contribution in [0.15, 0.2) is 66.7 Å². The molecule has 7 nitrogen and oxygen atoms in total. The minimum absolute atomic E-state index is 0.246. The van der Waals surface area contributed by atoms with Crippen LogP contribution in [0.3, 0.4) is 0 Å². The molecule has 1 fully saturated rings. The number of amides is 3. The Balaban J connectivity index is 1.20. The monoisotopic (exact) mass is 536 g/mol. The Morgan fingerprint density at radius 3 is 1.65 bits per heavy atom. The Hall–Kier alpha value is -4.26. The Morgan fingerprint density at radius 1 is 0.775 bits per heavy atom. The summed E-state index contributed by atoms with van der Waals surface area (Å²) in [6.07, 6.45) is 1.50. The van der Waals surface area contributed by atoms with E-state index in [1.165, 1.54) is 6.92 Å². The average Bonchev–Trinajstić information content (AvgIpc) is 3.25. The molecule has 1 saturated heterocycles. The van der Waals surface area contributed by atoms with Crippen molar-refractivity contribution in [2.24, 2.45) is 11.8 Å². The molecular weight excluding hydrogens is 504 g/mol. The van der Waals surface area contributed by atoms with Crippen LogP contribution in [0.4, 0.5) is 5.69 Å². The highest BCUT2D eigenvalue weighted by Gasteiger charge is 2.62. The third kappa shape index (κ3) is 3.86. The van der Waals surface area contributed by atoms with E-state index in [4.69, 9.17) is 4.74 Å². The van der Waals surface area contributed by atoms with Gasteiger partial charge < -0.3 is 10.1 Å². The van der Waals surface area contributed by atoms with Gasteiger partial charge in [0.1, 0.15) is 6.04 Å². The van der Waals surface area contributed by atoms with Gasteiger partial charge in [-0.1, -0.05) is 80.6 Å². The van der Waals surface area contributed by atoms with Crippen LogP contribution in [0.25, 0.3) is 0 Å². The summed E-state index contributed by atoms with van der Waals surface area (Å²) in [5.74, 6) is -3.59. The van der Waals surface area contributed by atoms with E-state index in [1.807, 2.05) is 80.6 Å². The molecule has 0 aromatic heterocycles. The number of hydrogen-bond acceptors (Lipinski definition) is 5. The van der Waals surface area contributed by atoms with Crippen LogP contribution < -0.4 is 5.32 Å². The number of ether oxygens (including phenoxy) is 1. The minimum atomic E-state index is -1.14. The lowest BCUT2D eigenvalue weighted by molar-refractivity contribution is -0.159. The van der Waals surface area contributed by atoms with Gasteiger partial charge in [-0.05, 0) is 53.1 Å². The number of anilines is 1. The zero-order valence-electron chi connectivity index (χ0n) is 22.8. The standard InChI is InChI=1S/C33H32N2O5/c1-4-19-11-10-12-20(5-2)30(19)34-25(36)17-40-33(39)18(3)35-31(37)28-26-21-13-6-7-14-22(21)27(29(28)32(35)38)24-16-9-8-15-23(24)26/h6-16,18,26-29H,4-5,17H2,1-3H3,(H,34,36)/t18-,26?,27?,28-,29+/m1/s1. The molecule has 0 spiro atoms. The van der Waals surface area contributed by atoms with E-state index < -0.39 is 36.4 Å². The van der Waals surface area contributed by atoms with Gasteiger partial charge in [0.15, 0.2) is 6.61 Å². The predicted molar refractivity (Wildman–Crippen MR) is 150 cm³/mol. The summed E-state index contributed by atoms with van der Waals surface area (Å²) < 4.78 is 5.34. The van der Waals surface area contributed by atoms with Crippen molar-refractivity contribution in [1.82, 2.24) is 4.90 Å². The first kappa shape index (κ1) is 26.0. The summed E-state index contributed by atoms with van der Waals surface area (Å²) in [5.41, 5.74) is 7.02. The average molecular weight is 537 g/mol. The Bertz CT molecular complexity index is 1410. The summed E-state index contributed by atoms with van der Waals surface area (Å²) in [6, 6.07) is 20.7.